The third-order valence-electron chi connectivity index (χ3n) is 3.50. The second-order valence-electron chi connectivity index (χ2n) is 4.90. The summed E-state index contributed by atoms with van der Waals surface area (Å²) in [5.74, 6) is 5.84. The van der Waals surface area contributed by atoms with Gasteiger partial charge in [-0.1, -0.05) is 11.8 Å². The van der Waals surface area contributed by atoms with Crippen LogP contribution in [0, 0.1) is 11.8 Å². The van der Waals surface area contributed by atoms with Crippen LogP contribution >= 0.6 is 0 Å². The highest BCUT2D eigenvalue weighted by molar-refractivity contribution is 5.95. The van der Waals surface area contributed by atoms with Crippen LogP contribution in [0.15, 0.2) is 18.2 Å². The molecule has 0 aliphatic carbocycles. The summed E-state index contributed by atoms with van der Waals surface area (Å²) in [5, 5.41) is 18.3. The van der Waals surface area contributed by atoms with Crippen LogP contribution in [-0.2, 0) is 0 Å². The SMILES string of the molecule is COc1ccc(C(=O)N2CCC(O)CC2)cc1C#CCO. The van der Waals surface area contributed by atoms with Gasteiger partial charge in [0.2, 0.25) is 0 Å². The van der Waals surface area contributed by atoms with Crippen LogP contribution in [-0.4, -0.2) is 53.9 Å². The molecule has 5 heteroatoms. The maximum Gasteiger partial charge on any atom is 0.253 e. The van der Waals surface area contributed by atoms with Gasteiger partial charge in [0, 0.05) is 18.7 Å². The molecule has 1 fully saturated rings. The minimum Gasteiger partial charge on any atom is -0.495 e. The Balaban J connectivity index is 2.21. The lowest BCUT2D eigenvalue weighted by Gasteiger charge is -2.29. The number of aliphatic hydroxyl groups is 2. The van der Waals surface area contributed by atoms with Gasteiger partial charge in [0.25, 0.3) is 5.91 Å². The first-order valence-corrected chi connectivity index (χ1v) is 6.91. The molecule has 0 spiro atoms. The number of nitrogens with zero attached hydrogens (tertiary/aromatic N) is 1. The number of likely N-dealkylation sites (tertiary alicyclic amines) is 1. The normalized spacial score (nSPS) is 15.3. The predicted octanol–water partition coefficient (Wildman–Crippen LogP) is 0.636. The number of benzene rings is 1. The zero-order valence-corrected chi connectivity index (χ0v) is 12.0. The molecule has 1 heterocycles. The maximum absolute atomic E-state index is 12.4. The van der Waals surface area contributed by atoms with E-state index in [1.165, 1.54) is 7.11 Å². The van der Waals surface area contributed by atoms with E-state index in [4.69, 9.17) is 9.84 Å². The lowest BCUT2D eigenvalue weighted by Crippen LogP contribution is -2.40. The molecule has 0 radical (unpaired) electrons. The minimum absolute atomic E-state index is 0.0726. The lowest BCUT2D eigenvalue weighted by atomic mass is 10.0. The van der Waals surface area contributed by atoms with Gasteiger partial charge in [0.1, 0.15) is 12.4 Å². The Kier molecular flexibility index (Phi) is 5.20. The molecule has 5 nitrogen and oxygen atoms in total. The number of aliphatic hydroxyl groups excluding tert-OH is 2. The Morgan fingerprint density at radius 1 is 1.43 bits per heavy atom. The molecule has 1 saturated heterocycles. The summed E-state index contributed by atoms with van der Waals surface area (Å²) in [6, 6.07) is 5.08. The fourth-order valence-electron chi connectivity index (χ4n) is 2.32. The summed E-state index contributed by atoms with van der Waals surface area (Å²) in [6.07, 6.45) is 0.911. The van der Waals surface area contributed by atoms with Crippen molar-refractivity contribution < 1.29 is 19.7 Å². The van der Waals surface area contributed by atoms with Crippen molar-refractivity contribution in [2.75, 3.05) is 26.8 Å². The fourth-order valence-corrected chi connectivity index (χ4v) is 2.32. The number of rotatable bonds is 2. The highest BCUT2D eigenvalue weighted by atomic mass is 16.5. The maximum atomic E-state index is 12.4. The zero-order valence-electron chi connectivity index (χ0n) is 12.0. The van der Waals surface area contributed by atoms with Crippen molar-refractivity contribution in [1.29, 1.82) is 0 Å². The van der Waals surface area contributed by atoms with Crippen LogP contribution in [0.5, 0.6) is 5.75 Å². The topological polar surface area (TPSA) is 70.0 Å². The van der Waals surface area contributed by atoms with Gasteiger partial charge >= 0.3 is 0 Å². The summed E-state index contributed by atoms with van der Waals surface area (Å²) >= 11 is 0. The lowest BCUT2D eigenvalue weighted by molar-refractivity contribution is 0.0546. The first-order chi connectivity index (χ1) is 10.2. The smallest absolute Gasteiger partial charge is 0.253 e. The molecule has 112 valence electrons. The fraction of sp³-hybridized carbons (Fsp3) is 0.438. The number of ether oxygens (including phenoxy) is 1. The predicted molar refractivity (Wildman–Crippen MR) is 78.1 cm³/mol. The molecule has 0 bridgehead atoms. The molecule has 0 atom stereocenters. The van der Waals surface area contributed by atoms with E-state index in [-0.39, 0.29) is 18.6 Å². The molecule has 1 amide bonds. The standard InChI is InChI=1S/C16H19NO4/c1-21-15-5-4-13(11-12(15)3-2-10-18)16(20)17-8-6-14(19)7-9-17/h4-5,11,14,18-19H,6-10H2,1H3. The van der Waals surface area contributed by atoms with Crippen LogP contribution in [0.4, 0.5) is 0 Å². The Bertz CT molecular complexity index is 565. The number of methoxy groups -OCH3 is 1. The van der Waals surface area contributed by atoms with Gasteiger partial charge in [-0.15, -0.1) is 0 Å². The van der Waals surface area contributed by atoms with E-state index in [0.717, 1.165) is 0 Å². The Hall–Kier alpha value is -2.03. The molecule has 0 aromatic heterocycles. The van der Waals surface area contributed by atoms with Crippen molar-refractivity contribution >= 4 is 5.91 Å². The van der Waals surface area contributed by atoms with E-state index in [2.05, 4.69) is 11.8 Å². The van der Waals surface area contributed by atoms with E-state index in [1.807, 2.05) is 0 Å². The first-order valence-electron chi connectivity index (χ1n) is 6.91. The van der Waals surface area contributed by atoms with Crippen molar-refractivity contribution in [2.45, 2.75) is 18.9 Å². The second-order valence-corrected chi connectivity index (χ2v) is 4.90. The molecular weight excluding hydrogens is 270 g/mol. The zero-order chi connectivity index (χ0) is 15.2. The first kappa shape index (κ1) is 15.4. The van der Waals surface area contributed by atoms with Crippen molar-refractivity contribution in [3.8, 4) is 17.6 Å². The number of amides is 1. The van der Waals surface area contributed by atoms with Crippen molar-refractivity contribution in [3.05, 3.63) is 29.3 Å². The summed E-state index contributed by atoms with van der Waals surface area (Å²) in [4.78, 5) is 14.2. The van der Waals surface area contributed by atoms with Crippen molar-refractivity contribution in [2.24, 2.45) is 0 Å². The van der Waals surface area contributed by atoms with Crippen molar-refractivity contribution in [1.82, 2.24) is 4.90 Å². The number of hydrogen-bond acceptors (Lipinski definition) is 4. The third-order valence-corrected chi connectivity index (χ3v) is 3.50. The Morgan fingerprint density at radius 3 is 2.76 bits per heavy atom. The Labute approximate surface area is 124 Å². The van der Waals surface area contributed by atoms with Crippen molar-refractivity contribution in [3.63, 3.8) is 0 Å². The summed E-state index contributed by atoms with van der Waals surface area (Å²) < 4.78 is 5.19. The summed E-state index contributed by atoms with van der Waals surface area (Å²) in [7, 11) is 1.53. The number of piperidine rings is 1. The second kappa shape index (κ2) is 7.11. The average molecular weight is 289 g/mol. The van der Waals surface area contributed by atoms with Gasteiger partial charge in [-0.2, -0.15) is 0 Å². The molecule has 1 aliphatic heterocycles. The largest absolute Gasteiger partial charge is 0.495 e. The van der Waals surface area contributed by atoms with E-state index < -0.39 is 0 Å². The van der Waals surface area contributed by atoms with E-state index >= 15 is 0 Å². The van der Waals surface area contributed by atoms with Gasteiger partial charge < -0.3 is 19.8 Å². The van der Waals surface area contributed by atoms with Gasteiger partial charge in [-0.25, -0.2) is 0 Å². The molecule has 1 aliphatic rings. The molecule has 0 saturated carbocycles. The van der Waals surface area contributed by atoms with Gasteiger partial charge in [-0.3, -0.25) is 4.79 Å². The number of carbonyl (C=O) groups is 1. The average Bonchev–Trinajstić information content (AvgIpc) is 2.52. The quantitative estimate of drug-likeness (QED) is 0.784. The molecule has 21 heavy (non-hydrogen) atoms. The monoisotopic (exact) mass is 289 g/mol. The van der Waals surface area contributed by atoms with Gasteiger partial charge in [-0.05, 0) is 31.0 Å². The molecule has 2 rings (SSSR count). The molecule has 2 N–H and O–H groups in total. The highest BCUT2D eigenvalue weighted by Gasteiger charge is 2.22. The van der Waals surface area contributed by atoms with E-state index in [1.54, 1.807) is 23.1 Å². The van der Waals surface area contributed by atoms with E-state index in [0.29, 0.717) is 42.8 Å². The number of hydrogen-bond donors (Lipinski definition) is 2. The van der Waals surface area contributed by atoms with Crippen LogP contribution in [0.3, 0.4) is 0 Å². The molecule has 1 aromatic carbocycles. The third kappa shape index (κ3) is 3.75. The number of carbonyl (C=O) groups excluding carboxylic acids is 1. The summed E-state index contributed by atoms with van der Waals surface area (Å²) in [5.41, 5.74) is 1.11. The molecular formula is C16H19NO4. The van der Waals surface area contributed by atoms with Crippen LogP contribution in [0.25, 0.3) is 0 Å². The molecule has 1 aromatic rings. The van der Waals surface area contributed by atoms with Gasteiger partial charge in [0.15, 0.2) is 0 Å². The minimum atomic E-state index is -0.309. The van der Waals surface area contributed by atoms with Gasteiger partial charge in [0.05, 0.1) is 18.8 Å². The highest BCUT2D eigenvalue weighted by Crippen LogP contribution is 2.21. The van der Waals surface area contributed by atoms with E-state index in [9.17, 15) is 9.90 Å². The van der Waals surface area contributed by atoms with Crippen LogP contribution in [0.1, 0.15) is 28.8 Å². The molecule has 0 unspecified atom stereocenters. The summed E-state index contributed by atoms with van der Waals surface area (Å²) in [6.45, 7) is 0.874. The van der Waals surface area contributed by atoms with Crippen LogP contribution < -0.4 is 4.74 Å². The van der Waals surface area contributed by atoms with Crippen LogP contribution in [0.2, 0.25) is 0 Å². The Morgan fingerprint density at radius 2 is 2.14 bits per heavy atom.